The van der Waals surface area contributed by atoms with Crippen LogP contribution in [0.15, 0.2) is 24.3 Å². The van der Waals surface area contributed by atoms with Gasteiger partial charge in [0.25, 0.3) is 0 Å². The van der Waals surface area contributed by atoms with Crippen molar-refractivity contribution < 1.29 is 22.7 Å². The molecule has 0 atom stereocenters. The largest absolute Gasteiger partial charge is 0.493 e. The molecule has 1 aromatic rings. The Morgan fingerprint density at radius 2 is 1.94 bits per heavy atom. The quantitative estimate of drug-likeness (QED) is 0.570. The van der Waals surface area contributed by atoms with Crippen molar-refractivity contribution in [2.45, 2.75) is 32.4 Å². The van der Waals surface area contributed by atoms with Gasteiger partial charge in [0.05, 0.1) is 12.2 Å². The van der Waals surface area contributed by atoms with Crippen molar-refractivity contribution in [3.05, 3.63) is 29.8 Å². The summed E-state index contributed by atoms with van der Waals surface area (Å²) in [6.07, 6.45) is -4.82. The predicted molar refractivity (Wildman–Crippen MR) is 61.8 cm³/mol. The first kappa shape index (κ1) is 14.5. The fourth-order valence-electron chi connectivity index (χ4n) is 1.47. The van der Waals surface area contributed by atoms with Crippen LogP contribution in [0.25, 0.3) is 0 Å². The number of para-hydroxylation sites is 1. The Morgan fingerprint density at radius 1 is 1.28 bits per heavy atom. The minimum Gasteiger partial charge on any atom is -0.493 e. The highest BCUT2D eigenvalue weighted by atomic mass is 19.4. The summed E-state index contributed by atoms with van der Waals surface area (Å²) in [5.41, 5.74) is 0.423. The molecule has 0 N–H and O–H groups in total. The molecule has 0 aromatic heterocycles. The minimum atomic E-state index is -4.16. The van der Waals surface area contributed by atoms with E-state index in [1.807, 2.05) is 0 Å². The summed E-state index contributed by atoms with van der Waals surface area (Å²) >= 11 is 0. The van der Waals surface area contributed by atoms with Crippen LogP contribution < -0.4 is 4.74 Å². The maximum Gasteiger partial charge on any atom is 0.389 e. The van der Waals surface area contributed by atoms with Gasteiger partial charge in [-0.05, 0) is 18.6 Å². The lowest BCUT2D eigenvalue weighted by Crippen LogP contribution is -2.10. The fourth-order valence-corrected chi connectivity index (χ4v) is 1.47. The van der Waals surface area contributed by atoms with Crippen molar-refractivity contribution in [1.82, 2.24) is 0 Å². The van der Waals surface area contributed by atoms with Gasteiger partial charge >= 0.3 is 6.18 Å². The van der Waals surface area contributed by atoms with E-state index in [2.05, 4.69) is 0 Å². The van der Waals surface area contributed by atoms with Gasteiger partial charge in [0.15, 0.2) is 5.78 Å². The van der Waals surface area contributed by atoms with Gasteiger partial charge in [0.2, 0.25) is 0 Å². The number of Topliss-reactive ketones (excluding diaryl/α,β-unsaturated/α-hetero) is 1. The second-order valence-corrected chi connectivity index (χ2v) is 3.84. The molecule has 0 saturated carbocycles. The smallest absolute Gasteiger partial charge is 0.389 e. The molecule has 0 aliphatic carbocycles. The van der Waals surface area contributed by atoms with Gasteiger partial charge in [-0.1, -0.05) is 19.1 Å². The summed E-state index contributed by atoms with van der Waals surface area (Å²) in [7, 11) is 0. The molecule has 0 fully saturated rings. The fraction of sp³-hybridized carbons (Fsp3) is 0.462. The van der Waals surface area contributed by atoms with E-state index < -0.39 is 12.6 Å². The topological polar surface area (TPSA) is 26.3 Å². The number of carbonyl (C=O) groups is 1. The molecular weight excluding hydrogens is 245 g/mol. The zero-order chi connectivity index (χ0) is 13.6. The van der Waals surface area contributed by atoms with Crippen molar-refractivity contribution in [3.63, 3.8) is 0 Å². The van der Waals surface area contributed by atoms with Crippen LogP contribution in [0.4, 0.5) is 13.2 Å². The lowest BCUT2D eigenvalue weighted by atomic mass is 10.1. The molecule has 0 amide bonds. The van der Waals surface area contributed by atoms with E-state index in [1.165, 1.54) is 0 Å². The lowest BCUT2D eigenvalue weighted by molar-refractivity contribution is -0.136. The van der Waals surface area contributed by atoms with Gasteiger partial charge in [-0.3, -0.25) is 4.79 Å². The van der Waals surface area contributed by atoms with Crippen LogP contribution in [0.3, 0.4) is 0 Å². The van der Waals surface area contributed by atoms with Gasteiger partial charge in [0, 0.05) is 12.8 Å². The molecule has 100 valence electrons. The van der Waals surface area contributed by atoms with Gasteiger partial charge in [0.1, 0.15) is 5.75 Å². The Bertz CT molecular complexity index is 399. The number of halogens is 3. The zero-order valence-electron chi connectivity index (χ0n) is 10.1. The lowest BCUT2D eigenvalue weighted by Gasteiger charge is -2.11. The highest BCUT2D eigenvalue weighted by molar-refractivity contribution is 5.98. The molecule has 0 aliphatic rings. The van der Waals surface area contributed by atoms with Crippen LogP contribution in [0.2, 0.25) is 0 Å². The van der Waals surface area contributed by atoms with Crippen LogP contribution in [-0.4, -0.2) is 18.6 Å². The summed E-state index contributed by atoms with van der Waals surface area (Å²) in [5, 5.41) is 0. The van der Waals surface area contributed by atoms with E-state index in [1.54, 1.807) is 31.2 Å². The minimum absolute atomic E-state index is 0.0481. The average Bonchev–Trinajstić information content (AvgIpc) is 2.33. The molecule has 1 aromatic carbocycles. The Hall–Kier alpha value is -1.52. The highest BCUT2D eigenvalue weighted by Gasteiger charge is 2.26. The molecule has 0 saturated heterocycles. The van der Waals surface area contributed by atoms with E-state index in [0.717, 1.165) is 0 Å². The van der Waals surface area contributed by atoms with Crippen LogP contribution in [-0.2, 0) is 0 Å². The number of hydrogen-bond donors (Lipinski definition) is 0. The molecular formula is C13H15F3O2. The van der Waals surface area contributed by atoms with Crippen molar-refractivity contribution >= 4 is 5.78 Å². The molecule has 0 spiro atoms. The number of ketones is 1. The van der Waals surface area contributed by atoms with Gasteiger partial charge in [-0.2, -0.15) is 13.2 Å². The number of hydrogen-bond acceptors (Lipinski definition) is 2. The number of alkyl halides is 3. The predicted octanol–water partition coefficient (Wildman–Crippen LogP) is 4.00. The summed E-state index contributed by atoms with van der Waals surface area (Å²) in [4.78, 5) is 11.6. The summed E-state index contributed by atoms with van der Waals surface area (Å²) in [6.45, 7) is 1.68. The molecule has 0 unspecified atom stereocenters. The molecule has 18 heavy (non-hydrogen) atoms. The molecule has 0 aliphatic heterocycles. The molecule has 0 heterocycles. The highest BCUT2D eigenvalue weighted by Crippen LogP contribution is 2.23. The molecule has 1 rings (SSSR count). The average molecular weight is 260 g/mol. The van der Waals surface area contributed by atoms with Crippen LogP contribution in [0.5, 0.6) is 5.75 Å². The number of rotatable bonds is 6. The van der Waals surface area contributed by atoms with E-state index >= 15 is 0 Å². The maximum atomic E-state index is 11.9. The monoisotopic (exact) mass is 260 g/mol. The first-order chi connectivity index (χ1) is 8.44. The summed E-state index contributed by atoms with van der Waals surface area (Å²) in [5.74, 6) is 0.271. The van der Waals surface area contributed by atoms with E-state index in [9.17, 15) is 18.0 Å². The SMILES string of the molecule is CCC(=O)c1ccccc1OCCCC(F)(F)F. The Balaban J connectivity index is 2.54. The summed E-state index contributed by atoms with van der Waals surface area (Å²) in [6, 6.07) is 6.60. The van der Waals surface area contributed by atoms with Gasteiger partial charge < -0.3 is 4.74 Å². The van der Waals surface area contributed by atoms with Crippen molar-refractivity contribution in [2.75, 3.05) is 6.61 Å². The van der Waals surface area contributed by atoms with Crippen molar-refractivity contribution in [2.24, 2.45) is 0 Å². The normalized spacial score (nSPS) is 11.3. The maximum absolute atomic E-state index is 11.9. The van der Waals surface area contributed by atoms with Crippen LogP contribution in [0, 0.1) is 0 Å². The Morgan fingerprint density at radius 3 is 2.56 bits per heavy atom. The third kappa shape index (κ3) is 4.77. The first-order valence-electron chi connectivity index (χ1n) is 5.76. The molecule has 0 bridgehead atoms. The number of ether oxygens (including phenoxy) is 1. The molecule has 2 nitrogen and oxygen atoms in total. The van der Waals surface area contributed by atoms with Crippen LogP contribution >= 0.6 is 0 Å². The Labute approximate surface area is 104 Å². The second-order valence-electron chi connectivity index (χ2n) is 3.84. The Kier molecular flexibility index (Phi) is 5.19. The van der Waals surface area contributed by atoms with E-state index in [4.69, 9.17) is 4.74 Å². The third-order valence-electron chi connectivity index (χ3n) is 2.37. The molecule has 5 heteroatoms. The zero-order valence-corrected chi connectivity index (χ0v) is 10.1. The second kappa shape index (κ2) is 6.42. The van der Waals surface area contributed by atoms with E-state index in [-0.39, 0.29) is 18.8 Å². The van der Waals surface area contributed by atoms with E-state index in [0.29, 0.717) is 17.7 Å². The molecule has 0 radical (unpaired) electrons. The number of benzene rings is 1. The van der Waals surface area contributed by atoms with Gasteiger partial charge in [-0.15, -0.1) is 0 Å². The van der Waals surface area contributed by atoms with Crippen molar-refractivity contribution in [3.8, 4) is 5.75 Å². The third-order valence-corrected chi connectivity index (χ3v) is 2.37. The van der Waals surface area contributed by atoms with Crippen molar-refractivity contribution in [1.29, 1.82) is 0 Å². The van der Waals surface area contributed by atoms with Gasteiger partial charge in [-0.25, -0.2) is 0 Å². The number of carbonyl (C=O) groups excluding carboxylic acids is 1. The summed E-state index contributed by atoms with van der Waals surface area (Å²) < 4.78 is 41.0. The standard InChI is InChI=1S/C13H15F3O2/c1-2-11(17)10-6-3-4-7-12(10)18-9-5-8-13(14,15)16/h3-4,6-7H,2,5,8-9H2,1H3. The van der Waals surface area contributed by atoms with Crippen LogP contribution in [0.1, 0.15) is 36.5 Å². The first-order valence-corrected chi connectivity index (χ1v) is 5.76.